The average Bonchev–Trinajstić information content (AvgIpc) is 3.07. The molecule has 2 aromatic carbocycles. The number of rotatable bonds is 8. The van der Waals surface area contributed by atoms with Crippen LogP contribution < -0.4 is 14.2 Å². The summed E-state index contributed by atoms with van der Waals surface area (Å²) in [5.41, 5.74) is 2.56. The Bertz CT molecular complexity index is 1140. The Morgan fingerprint density at radius 3 is 2.26 bits per heavy atom. The molecular weight excluding hydrogens is 436 g/mol. The van der Waals surface area contributed by atoms with Gasteiger partial charge in [0.15, 0.2) is 11.5 Å². The highest BCUT2D eigenvalue weighted by molar-refractivity contribution is 6.46. The monoisotopic (exact) mass is 468 g/mol. The summed E-state index contributed by atoms with van der Waals surface area (Å²) in [5.74, 6) is -0.0922. The van der Waals surface area contributed by atoms with Gasteiger partial charge in [-0.3, -0.25) is 9.59 Å². The van der Waals surface area contributed by atoms with Gasteiger partial charge in [0.2, 0.25) is 0 Å². The third-order valence-electron chi connectivity index (χ3n) is 6.05. The quantitative estimate of drug-likeness (QED) is 0.361. The van der Waals surface area contributed by atoms with Gasteiger partial charge in [-0.1, -0.05) is 12.1 Å². The van der Waals surface area contributed by atoms with Gasteiger partial charge in [0.1, 0.15) is 11.5 Å². The Morgan fingerprint density at radius 1 is 1.00 bits per heavy atom. The zero-order valence-corrected chi connectivity index (χ0v) is 20.8. The van der Waals surface area contributed by atoms with Crippen molar-refractivity contribution in [2.75, 3.05) is 48.5 Å². The number of methoxy groups -OCH3 is 3. The highest BCUT2D eigenvalue weighted by Crippen LogP contribution is 2.45. The van der Waals surface area contributed by atoms with E-state index in [1.54, 1.807) is 37.4 Å². The van der Waals surface area contributed by atoms with Crippen molar-refractivity contribution in [2.24, 2.45) is 0 Å². The predicted octanol–water partition coefficient (Wildman–Crippen LogP) is 3.31. The van der Waals surface area contributed by atoms with Crippen molar-refractivity contribution in [3.05, 3.63) is 58.2 Å². The predicted molar refractivity (Wildman–Crippen MR) is 130 cm³/mol. The van der Waals surface area contributed by atoms with Crippen molar-refractivity contribution in [3.63, 3.8) is 0 Å². The normalized spacial score (nSPS) is 17.4. The Kier molecular flexibility index (Phi) is 7.51. The number of hydrogen-bond acceptors (Lipinski definition) is 7. The lowest BCUT2D eigenvalue weighted by atomic mass is 9.92. The number of carbonyl (C=O) groups is 2. The van der Waals surface area contributed by atoms with Gasteiger partial charge in [-0.2, -0.15) is 0 Å². The number of ether oxygens (including phenoxy) is 3. The highest BCUT2D eigenvalue weighted by atomic mass is 16.5. The fraction of sp³-hybridized carbons (Fsp3) is 0.385. The molecule has 8 heteroatoms. The summed E-state index contributed by atoms with van der Waals surface area (Å²) < 4.78 is 16.5. The molecule has 1 atom stereocenters. The van der Waals surface area contributed by atoms with Crippen LogP contribution in [0.15, 0.2) is 35.9 Å². The molecule has 182 valence electrons. The Balaban J connectivity index is 2.29. The SMILES string of the molecule is COc1cc(C)c(/C(O)=C2\C(=O)C(=O)N(CCN(C)C)C2c2cccc(OC)c2OC)cc1C. The van der Waals surface area contributed by atoms with E-state index in [2.05, 4.69) is 0 Å². The second-order valence-corrected chi connectivity index (χ2v) is 8.52. The van der Waals surface area contributed by atoms with Gasteiger partial charge in [0.25, 0.3) is 11.7 Å². The third-order valence-corrected chi connectivity index (χ3v) is 6.05. The highest BCUT2D eigenvalue weighted by Gasteiger charge is 2.47. The zero-order chi connectivity index (χ0) is 25.2. The number of hydrogen-bond donors (Lipinski definition) is 1. The summed E-state index contributed by atoms with van der Waals surface area (Å²) in [4.78, 5) is 29.9. The van der Waals surface area contributed by atoms with E-state index in [9.17, 15) is 14.7 Å². The maximum Gasteiger partial charge on any atom is 0.295 e. The summed E-state index contributed by atoms with van der Waals surface area (Å²) >= 11 is 0. The molecule has 8 nitrogen and oxygen atoms in total. The summed E-state index contributed by atoms with van der Waals surface area (Å²) in [6, 6.07) is 8.01. The molecule has 1 heterocycles. The number of ketones is 1. The van der Waals surface area contributed by atoms with Crippen molar-refractivity contribution < 1.29 is 28.9 Å². The molecule has 1 N–H and O–H groups in total. The topological polar surface area (TPSA) is 88.5 Å². The molecule has 0 aliphatic carbocycles. The Hall–Kier alpha value is -3.52. The molecule has 3 rings (SSSR count). The summed E-state index contributed by atoms with van der Waals surface area (Å²) in [7, 11) is 8.38. The number of para-hydroxylation sites is 1. The van der Waals surface area contributed by atoms with E-state index in [0.717, 1.165) is 11.1 Å². The summed E-state index contributed by atoms with van der Waals surface area (Å²) in [5, 5.41) is 11.5. The van der Waals surface area contributed by atoms with Crippen LogP contribution in [0.4, 0.5) is 0 Å². The van der Waals surface area contributed by atoms with E-state index in [1.165, 1.54) is 19.1 Å². The lowest BCUT2D eigenvalue weighted by Crippen LogP contribution is -2.35. The van der Waals surface area contributed by atoms with Crippen LogP contribution in [0, 0.1) is 13.8 Å². The van der Waals surface area contributed by atoms with Crippen LogP contribution in [0.25, 0.3) is 5.76 Å². The van der Waals surface area contributed by atoms with E-state index in [-0.39, 0.29) is 11.3 Å². The smallest absolute Gasteiger partial charge is 0.295 e. The van der Waals surface area contributed by atoms with Gasteiger partial charge in [0, 0.05) is 24.2 Å². The first-order valence-corrected chi connectivity index (χ1v) is 11.0. The van der Waals surface area contributed by atoms with Gasteiger partial charge < -0.3 is 29.1 Å². The maximum absolute atomic E-state index is 13.3. The van der Waals surface area contributed by atoms with Crippen LogP contribution in [0.3, 0.4) is 0 Å². The number of carbonyl (C=O) groups excluding carboxylic acids is 2. The number of amides is 1. The van der Waals surface area contributed by atoms with Crippen molar-refractivity contribution in [1.82, 2.24) is 9.80 Å². The molecule has 1 aliphatic heterocycles. The molecule has 0 aromatic heterocycles. The molecule has 1 amide bonds. The van der Waals surface area contributed by atoms with Crippen molar-refractivity contribution in [2.45, 2.75) is 19.9 Å². The molecule has 0 spiro atoms. The molecule has 1 aliphatic rings. The standard InChI is InChI=1S/C26H32N2O6/c1-15-14-20(33-6)16(2)13-18(15)23(29)21-22(17-9-8-10-19(32-5)25(17)34-7)28(12-11-27(3)4)26(31)24(21)30/h8-10,13-14,22,29H,11-12H2,1-7H3/b23-21+. The fourth-order valence-electron chi connectivity index (χ4n) is 4.28. The first-order chi connectivity index (χ1) is 16.2. The Labute approximate surface area is 200 Å². The molecular formula is C26H32N2O6. The largest absolute Gasteiger partial charge is 0.507 e. The minimum absolute atomic E-state index is 0.0166. The number of likely N-dealkylation sites (N-methyl/N-ethyl adjacent to an activating group) is 1. The second-order valence-electron chi connectivity index (χ2n) is 8.52. The van der Waals surface area contributed by atoms with Gasteiger partial charge in [-0.15, -0.1) is 0 Å². The van der Waals surface area contributed by atoms with Crippen LogP contribution in [-0.2, 0) is 9.59 Å². The third kappa shape index (κ3) is 4.46. The summed E-state index contributed by atoms with van der Waals surface area (Å²) in [6.07, 6.45) is 0. The maximum atomic E-state index is 13.3. The number of nitrogens with zero attached hydrogens (tertiary/aromatic N) is 2. The average molecular weight is 469 g/mol. The minimum atomic E-state index is -0.841. The number of aryl methyl sites for hydroxylation is 2. The number of benzene rings is 2. The fourth-order valence-corrected chi connectivity index (χ4v) is 4.28. The van der Waals surface area contributed by atoms with Crippen LogP contribution in [-0.4, -0.2) is 75.1 Å². The zero-order valence-electron chi connectivity index (χ0n) is 20.8. The molecule has 0 radical (unpaired) electrons. The van der Waals surface area contributed by atoms with Crippen molar-refractivity contribution in [1.29, 1.82) is 0 Å². The van der Waals surface area contributed by atoms with Crippen LogP contribution >= 0.6 is 0 Å². The minimum Gasteiger partial charge on any atom is -0.507 e. The Morgan fingerprint density at radius 2 is 1.68 bits per heavy atom. The van der Waals surface area contributed by atoms with E-state index in [0.29, 0.717) is 41.5 Å². The molecule has 1 fully saturated rings. The lowest BCUT2D eigenvalue weighted by Gasteiger charge is -2.28. The van der Waals surface area contributed by atoms with E-state index >= 15 is 0 Å². The molecule has 1 unspecified atom stereocenters. The van der Waals surface area contributed by atoms with Crippen LogP contribution in [0.2, 0.25) is 0 Å². The molecule has 1 saturated heterocycles. The van der Waals surface area contributed by atoms with E-state index in [1.807, 2.05) is 32.8 Å². The first kappa shape index (κ1) is 25.1. The van der Waals surface area contributed by atoms with E-state index in [4.69, 9.17) is 14.2 Å². The van der Waals surface area contributed by atoms with Gasteiger partial charge in [-0.25, -0.2) is 0 Å². The van der Waals surface area contributed by atoms with Crippen LogP contribution in [0.5, 0.6) is 17.2 Å². The molecule has 0 bridgehead atoms. The molecule has 2 aromatic rings. The van der Waals surface area contributed by atoms with E-state index < -0.39 is 17.7 Å². The lowest BCUT2D eigenvalue weighted by molar-refractivity contribution is -0.140. The second kappa shape index (κ2) is 10.2. The van der Waals surface area contributed by atoms with Gasteiger partial charge in [-0.05, 0) is 57.3 Å². The van der Waals surface area contributed by atoms with Gasteiger partial charge >= 0.3 is 0 Å². The molecule has 0 saturated carbocycles. The number of aliphatic hydroxyl groups is 1. The summed E-state index contributed by atoms with van der Waals surface area (Å²) in [6.45, 7) is 4.50. The van der Waals surface area contributed by atoms with Crippen molar-refractivity contribution >= 4 is 17.4 Å². The first-order valence-electron chi connectivity index (χ1n) is 11.0. The van der Waals surface area contributed by atoms with Crippen molar-refractivity contribution in [3.8, 4) is 17.2 Å². The molecule has 34 heavy (non-hydrogen) atoms. The van der Waals surface area contributed by atoms with Crippen LogP contribution in [0.1, 0.15) is 28.3 Å². The number of aliphatic hydroxyl groups excluding tert-OH is 1. The number of likely N-dealkylation sites (tertiary alicyclic amines) is 1. The van der Waals surface area contributed by atoms with Gasteiger partial charge in [0.05, 0.1) is 32.9 Å². The number of Topliss-reactive ketones (excluding diaryl/α,β-unsaturated/α-hetero) is 1.